The number of ether oxygens (including phenoxy) is 1. The molecule has 1 amide bonds. The highest BCUT2D eigenvalue weighted by Gasteiger charge is 2.47. The summed E-state index contributed by atoms with van der Waals surface area (Å²) in [6, 6.07) is 27.2. The van der Waals surface area contributed by atoms with Crippen molar-refractivity contribution in [2.24, 2.45) is 0 Å². The summed E-state index contributed by atoms with van der Waals surface area (Å²) in [5.74, 6) is -0.990. The van der Waals surface area contributed by atoms with Gasteiger partial charge in [-0.1, -0.05) is 66.7 Å². The normalized spacial score (nSPS) is 17.2. The zero-order valence-corrected chi connectivity index (χ0v) is 19.6. The van der Waals surface area contributed by atoms with Gasteiger partial charge in [0.15, 0.2) is 0 Å². The summed E-state index contributed by atoms with van der Waals surface area (Å²) in [4.78, 5) is 28.3. The van der Waals surface area contributed by atoms with Crippen LogP contribution in [0.1, 0.15) is 29.7 Å². The third-order valence-electron chi connectivity index (χ3n) is 6.36. The molecule has 5 heteroatoms. The fraction of sp³-hybridized carbons (Fsp3) is 0.133. The van der Waals surface area contributed by atoms with Crippen LogP contribution in [0.4, 0.5) is 5.69 Å². The minimum absolute atomic E-state index is 0.0707. The van der Waals surface area contributed by atoms with Crippen LogP contribution in [0, 0.1) is 6.92 Å². The molecule has 4 aromatic carbocycles. The van der Waals surface area contributed by atoms with E-state index in [1.54, 1.807) is 30.3 Å². The summed E-state index contributed by atoms with van der Waals surface area (Å²) in [7, 11) is 0. The SMILES string of the molecule is CCOc1cccc(N2C(=O)C(=O)/C(=C(/O)c3ccc4ccccc4c3)C2c2ccccc2C)c1. The maximum Gasteiger partial charge on any atom is 0.300 e. The lowest BCUT2D eigenvalue weighted by Crippen LogP contribution is -2.29. The molecule has 1 unspecified atom stereocenters. The van der Waals surface area contributed by atoms with E-state index in [0.717, 1.165) is 21.9 Å². The number of aliphatic hydroxyl groups excluding tert-OH is 1. The molecule has 5 rings (SSSR count). The number of hydrogen-bond donors (Lipinski definition) is 1. The molecule has 35 heavy (non-hydrogen) atoms. The minimum atomic E-state index is -0.778. The third-order valence-corrected chi connectivity index (χ3v) is 6.36. The Morgan fingerprint density at radius 2 is 1.63 bits per heavy atom. The number of carbonyl (C=O) groups excluding carboxylic acids is 2. The Labute approximate surface area is 203 Å². The summed E-state index contributed by atoms with van der Waals surface area (Å²) < 4.78 is 5.63. The Morgan fingerprint density at radius 1 is 0.886 bits per heavy atom. The summed E-state index contributed by atoms with van der Waals surface area (Å²) in [5.41, 5.74) is 2.78. The van der Waals surface area contributed by atoms with Crippen LogP contribution in [0.3, 0.4) is 0 Å². The molecule has 0 saturated carbocycles. The smallest absolute Gasteiger partial charge is 0.300 e. The van der Waals surface area contributed by atoms with E-state index in [2.05, 4.69) is 0 Å². The fourth-order valence-corrected chi connectivity index (χ4v) is 4.67. The number of fused-ring (bicyclic) bond motifs is 1. The van der Waals surface area contributed by atoms with Gasteiger partial charge in [0.25, 0.3) is 11.7 Å². The number of anilines is 1. The van der Waals surface area contributed by atoms with Crippen LogP contribution in [-0.4, -0.2) is 23.4 Å². The number of aliphatic hydroxyl groups is 1. The van der Waals surface area contributed by atoms with Gasteiger partial charge in [0.05, 0.1) is 18.2 Å². The van der Waals surface area contributed by atoms with Gasteiger partial charge in [-0.15, -0.1) is 0 Å². The highest BCUT2D eigenvalue weighted by Crippen LogP contribution is 2.43. The largest absolute Gasteiger partial charge is 0.507 e. The van der Waals surface area contributed by atoms with E-state index >= 15 is 0 Å². The van der Waals surface area contributed by atoms with Gasteiger partial charge < -0.3 is 9.84 Å². The number of nitrogens with zero attached hydrogens (tertiary/aromatic N) is 1. The van der Waals surface area contributed by atoms with Gasteiger partial charge in [-0.05, 0) is 53.9 Å². The van der Waals surface area contributed by atoms with Gasteiger partial charge in [0.1, 0.15) is 11.5 Å². The second-order valence-electron chi connectivity index (χ2n) is 8.52. The summed E-state index contributed by atoms with van der Waals surface area (Å²) in [6.07, 6.45) is 0. The monoisotopic (exact) mass is 463 g/mol. The number of Topliss-reactive ketones (excluding diaryl/α,β-unsaturated/α-hetero) is 1. The van der Waals surface area contributed by atoms with Gasteiger partial charge in [-0.3, -0.25) is 14.5 Å². The molecule has 1 aliphatic heterocycles. The first-order valence-corrected chi connectivity index (χ1v) is 11.6. The van der Waals surface area contributed by atoms with Crippen molar-refractivity contribution >= 4 is 33.9 Å². The zero-order chi connectivity index (χ0) is 24.5. The van der Waals surface area contributed by atoms with Crippen LogP contribution in [0.25, 0.3) is 16.5 Å². The molecule has 0 aromatic heterocycles. The van der Waals surface area contributed by atoms with Crippen LogP contribution in [-0.2, 0) is 9.59 Å². The van der Waals surface area contributed by atoms with Gasteiger partial charge in [-0.2, -0.15) is 0 Å². The van der Waals surface area contributed by atoms with E-state index in [9.17, 15) is 14.7 Å². The highest BCUT2D eigenvalue weighted by atomic mass is 16.5. The first-order valence-electron chi connectivity index (χ1n) is 11.6. The molecular weight excluding hydrogens is 438 g/mol. The lowest BCUT2D eigenvalue weighted by molar-refractivity contribution is -0.132. The van der Waals surface area contributed by atoms with Crippen LogP contribution in [0.2, 0.25) is 0 Å². The number of rotatable bonds is 5. The highest BCUT2D eigenvalue weighted by molar-refractivity contribution is 6.51. The van der Waals surface area contributed by atoms with E-state index in [1.165, 1.54) is 4.90 Å². The van der Waals surface area contributed by atoms with Crippen molar-refractivity contribution in [3.05, 3.63) is 113 Å². The third kappa shape index (κ3) is 3.95. The second-order valence-corrected chi connectivity index (χ2v) is 8.52. The molecule has 5 nitrogen and oxygen atoms in total. The van der Waals surface area contributed by atoms with Crippen molar-refractivity contribution in [1.29, 1.82) is 0 Å². The molecule has 1 aliphatic rings. The Kier molecular flexibility index (Phi) is 5.83. The number of benzene rings is 4. The lowest BCUT2D eigenvalue weighted by atomic mass is 9.92. The van der Waals surface area contributed by atoms with Crippen molar-refractivity contribution in [3.8, 4) is 5.75 Å². The van der Waals surface area contributed by atoms with E-state index in [-0.39, 0.29) is 11.3 Å². The zero-order valence-electron chi connectivity index (χ0n) is 19.6. The maximum absolute atomic E-state index is 13.4. The Morgan fingerprint density at radius 3 is 2.40 bits per heavy atom. The molecule has 0 aliphatic carbocycles. The first-order chi connectivity index (χ1) is 17.0. The topological polar surface area (TPSA) is 66.8 Å². The van der Waals surface area contributed by atoms with E-state index in [0.29, 0.717) is 23.6 Å². The molecule has 0 spiro atoms. The minimum Gasteiger partial charge on any atom is -0.507 e. The van der Waals surface area contributed by atoms with Crippen molar-refractivity contribution in [2.45, 2.75) is 19.9 Å². The molecule has 1 saturated heterocycles. The molecular formula is C30H25NO4. The standard InChI is InChI=1S/C30H25NO4/c1-3-35-24-13-8-12-23(18-24)31-27(25-14-7-4-9-19(25)2)26(29(33)30(31)34)28(32)22-16-15-20-10-5-6-11-21(20)17-22/h4-18,27,32H,3H2,1-2H3/b28-26+. The predicted molar refractivity (Wildman–Crippen MR) is 138 cm³/mol. The predicted octanol–water partition coefficient (Wildman–Crippen LogP) is 6.17. The molecule has 1 heterocycles. The number of ketones is 1. The molecule has 1 N–H and O–H groups in total. The van der Waals surface area contributed by atoms with E-state index in [4.69, 9.17) is 4.74 Å². The summed E-state index contributed by atoms with van der Waals surface area (Å²) in [5, 5.41) is 13.4. The quantitative estimate of drug-likeness (QED) is 0.218. The maximum atomic E-state index is 13.4. The Balaban J connectivity index is 1.73. The molecule has 1 fully saturated rings. The van der Waals surface area contributed by atoms with Crippen molar-refractivity contribution in [1.82, 2.24) is 0 Å². The molecule has 0 bridgehead atoms. The molecule has 4 aromatic rings. The molecule has 0 radical (unpaired) electrons. The first kappa shape index (κ1) is 22.4. The van der Waals surface area contributed by atoms with Crippen LogP contribution in [0.15, 0.2) is 96.6 Å². The summed E-state index contributed by atoms with van der Waals surface area (Å²) in [6.45, 7) is 4.29. The van der Waals surface area contributed by atoms with Crippen molar-refractivity contribution in [3.63, 3.8) is 0 Å². The van der Waals surface area contributed by atoms with Gasteiger partial charge >= 0.3 is 0 Å². The summed E-state index contributed by atoms with van der Waals surface area (Å²) >= 11 is 0. The molecule has 1 atom stereocenters. The van der Waals surface area contributed by atoms with E-state index < -0.39 is 17.7 Å². The van der Waals surface area contributed by atoms with Crippen LogP contribution < -0.4 is 9.64 Å². The van der Waals surface area contributed by atoms with Crippen molar-refractivity contribution < 1.29 is 19.4 Å². The van der Waals surface area contributed by atoms with Gasteiger partial charge in [0.2, 0.25) is 0 Å². The number of amides is 1. The molecule has 174 valence electrons. The second kappa shape index (κ2) is 9.11. The number of carbonyl (C=O) groups is 2. The Hall–Kier alpha value is -4.38. The van der Waals surface area contributed by atoms with Crippen LogP contribution in [0.5, 0.6) is 5.75 Å². The average molecular weight is 464 g/mol. The van der Waals surface area contributed by atoms with E-state index in [1.807, 2.05) is 74.5 Å². The number of aryl methyl sites for hydroxylation is 1. The number of hydrogen-bond acceptors (Lipinski definition) is 4. The van der Waals surface area contributed by atoms with Crippen LogP contribution >= 0.6 is 0 Å². The fourth-order valence-electron chi connectivity index (χ4n) is 4.67. The van der Waals surface area contributed by atoms with Gasteiger partial charge in [0, 0.05) is 17.3 Å². The van der Waals surface area contributed by atoms with Gasteiger partial charge in [-0.25, -0.2) is 0 Å². The lowest BCUT2D eigenvalue weighted by Gasteiger charge is -2.27. The Bertz CT molecular complexity index is 1490. The average Bonchev–Trinajstić information content (AvgIpc) is 3.14. The van der Waals surface area contributed by atoms with Crippen molar-refractivity contribution in [2.75, 3.05) is 11.5 Å².